The summed E-state index contributed by atoms with van der Waals surface area (Å²) >= 11 is 0. The van der Waals surface area contributed by atoms with Crippen LogP contribution < -0.4 is 10.5 Å². The zero-order chi connectivity index (χ0) is 19.0. The van der Waals surface area contributed by atoms with Crippen LogP contribution in [0.25, 0.3) is 0 Å². The molecule has 0 radical (unpaired) electrons. The maximum Gasteiger partial charge on any atom is 0.238 e. The lowest BCUT2D eigenvalue weighted by Gasteiger charge is -2.25. The highest BCUT2D eigenvalue weighted by molar-refractivity contribution is 7.89. The highest BCUT2D eigenvalue weighted by atomic mass is 32.2. The van der Waals surface area contributed by atoms with E-state index < -0.39 is 10.0 Å². The van der Waals surface area contributed by atoms with Crippen LogP contribution in [-0.4, -0.2) is 45.4 Å². The Labute approximate surface area is 151 Å². The number of nitrogens with one attached hydrogen (secondary N) is 1. The average Bonchev–Trinajstić information content (AvgIpc) is 2.45. The molecule has 3 N–H and O–H groups in total. The fourth-order valence-corrected chi connectivity index (χ4v) is 3.20. The van der Waals surface area contributed by atoms with Gasteiger partial charge in [0.15, 0.2) is 0 Å². The third-order valence-corrected chi connectivity index (χ3v) is 4.53. The number of nitrogens with two attached hydrogens (primary N) is 1. The molecule has 0 bridgehead atoms. The molecule has 0 aliphatic carbocycles. The minimum Gasteiger partial charge on any atom is -0.355 e. The first kappa shape index (κ1) is 21.6. The molecule has 0 unspecified atom stereocenters. The van der Waals surface area contributed by atoms with Crippen molar-refractivity contribution in [1.29, 1.82) is 0 Å². The Hall–Kier alpha value is -1.44. The molecule has 1 rings (SSSR count). The Morgan fingerprint density at radius 1 is 1.08 bits per heavy atom. The van der Waals surface area contributed by atoms with Gasteiger partial charge in [-0.1, -0.05) is 39.8 Å². The van der Waals surface area contributed by atoms with Gasteiger partial charge in [-0.2, -0.15) is 0 Å². The average molecular weight is 370 g/mol. The van der Waals surface area contributed by atoms with Gasteiger partial charge in [0.1, 0.15) is 0 Å². The highest BCUT2D eigenvalue weighted by Crippen LogP contribution is 2.09. The molecular formula is C18H31N3O3S. The van der Waals surface area contributed by atoms with E-state index in [2.05, 4.69) is 37.9 Å². The lowest BCUT2D eigenvalue weighted by Crippen LogP contribution is -2.41. The third kappa shape index (κ3) is 9.00. The molecule has 1 amide bonds. The van der Waals surface area contributed by atoms with Crippen molar-refractivity contribution in [2.75, 3.05) is 26.2 Å². The highest BCUT2D eigenvalue weighted by Gasteiger charge is 2.13. The largest absolute Gasteiger partial charge is 0.355 e. The molecule has 0 saturated heterocycles. The molecule has 0 aliphatic rings. The Kier molecular flexibility index (Phi) is 8.55. The second-order valence-electron chi connectivity index (χ2n) is 7.27. The normalized spacial score (nSPS) is 12.2. The molecule has 0 aromatic heterocycles. The number of sulfonamides is 1. The Morgan fingerprint density at radius 3 is 2.04 bits per heavy atom. The van der Waals surface area contributed by atoms with Gasteiger partial charge in [-0.15, -0.1) is 0 Å². The van der Waals surface area contributed by atoms with Gasteiger partial charge in [0.25, 0.3) is 0 Å². The predicted molar refractivity (Wildman–Crippen MR) is 101 cm³/mol. The van der Waals surface area contributed by atoms with E-state index in [1.165, 1.54) is 12.1 Å². The van der Waals surface area contributed by atoms with Gasteiger partial charge < -0.3 is 5.32 Å². The molecule has 0 saturated carbocycles. The van der Waals surface area contributed by atoms with Crippen molar-refractivity contribution in [3.63, 3.8) is 0 Å². The Bertz CT molecular complexity index is 630. The smallest absolute Gasteiger partial charge is 0.238 e. The van der Waals surface area contributed by atoms with Crippen LogP contribution >= 0.6 is 0 Å². The summed E-state index contributed by atoms with van der Waals surface area (Å²) in [5, 5.41) is 8.00. The first-order chi connectivity index (χ1) is 11.6. The van der Waals surface area contributed by atoms with Gasteiger partial charge in [0, 0.05) is 19.6 Å². The summed E-state index contributed by atoms with van der Waals surface area (Å²) in [6, 6.07) is 6.41. The molecule has 0 aliphatic heterocycles. The van der Waals surface area contributed by atoms with Crippen LogP contribution in [0.3, 0.4) is 0 Å². The van der Waals surface area contributed by atoms with Crippen molar-refractivity contribution in [3.8, 4) is 0 Å². The maximum atomic E-state index is 12.1. The van der Waals surface area contributed by atoms with Crippen LogP contribution in [0.2, 0.25) is 0 Å². The van der Waals surface area contributed by atoms with E-state index in [9.17, 15) is 13.2 Å². The zero-order valence-electron chi connectivity index (χ0n) is 15.7. The van der Waals surface area contributed by atoms with E-state index in [0.29, 0.717) is 31.3 Å². The van der Waals surface area contributed by atoms with E-state index in [1.807, 2.05) is 0 Å². The molecule has 0 spiro atoms. The Balaban J connectivity index is 2.45. The van der Waals surface area contributed by atoms with E-state index >= 15 is 0 Å². The fourth-order valence-electron chi connectivity index (χ4n) is 2.69. The number of nitrogens with zero attached hydrogens (tertiary/aromatic N) is 1. The second kappa shape index (κ2) is 9.89. The predicted octanol–water partition coefficient (Wildman–Crippen LogP) is 1.61. The SMILES string of the molecule is CC(C)CN(CC(=O)NCCc1ccc(S(N)(=O)=O)cc1)CC(C)C. The quantitative estimate of drug-likeness (QED) is 0.655. The van der Waals surface area contributed by atoms with Crippen LogP contribution in [0, 0.1) is 11.8 Å². The lowest BCUT2D eigenvalue weighted by molar-refractivity contribution is -0.122. The number of hydrogen-bond acceptors (Lipinski definition) is 4. The van der Waals surface area contributed by atoms with E-state index in [-0.39, 0.29) is 10.8 Å². The molecule has 0 fully saturated rings. The number of rotatable bonds is 10. The first-order valence-corrected chi connectivity index (χ1v) is 10.2. The summed E-state index contributed by atoms with van der Waals surface area (Å²) in [5.41, 5.74) is 0.953. The lowest BCUT2D eigenvalue weighted by atomic mass is 10.1. The molecule has 1 aromatic carbocycles. The van der Waals surface area contributed by atoms with Gasteiger partial charge in [-0.25, -0.2) is 13.6 Å². The topological polar surface area (TPSA) is 92.5 Å². The number of hydrogen-bond donors (Lipinski definition) is 2. The summed E-state index contributed by atoms with van der Waals surface area (Å²) < 4.78 is 22.4. The summed E-state index contributed by atoms with van der Waals surface area (Å²) in [5.74, 6) is 1.05. The molecular weight excluding hydrogens is 338 g/mol. The van der Waals surface area contributed by atoms with E-state index in [4.69, 9.17) is 5.14 Å². The van der Waals surface area contributed by atoms with Crippen molar-refractivity contribution in [2.24, 2.45) is 17.0 Å². The molecule has 25 heavy (non-hydrogen) atoms. The van der Waals surface area contributed by atoms with Crippen LogP contribution in [-0.2, 0) is 21.2 Å². The monoisotopic (exact) mass is 369 g/mol. The van der Waals surface area contributed by atoms with E-state index in [0.717, 1.165) is 18.7 Å². The minimum atomic E-state index is -3.66. The van der Waals surface area contributed by atoms with Gasteiger partial charge in [-0.05, 0) is 36.0 Å². The van der Waals surface area contributed by atoms with Gasteiger partial charge in [0.05, 0.1) is 11.4 Å². The van der Waals surface area contributed by atoms with Crippen molar-refractivity contribution in [3.05, 3.63) is 29.8 Å². The molecule has 0 heterocycles. The van der Waals surface area contributed by atoms with Gasteiger partial charge in [0.2, 0.25) is 15.9 Å². The number of carbonyl (C=O) groups excluding carboxylic acids is 1. The van der Waals surface area contributed by atoms with Crippen LogP contribution in [0.15, 0.2) is 29.2 Å². The standard InChI is InChI=1S/C18H31N3O3S/c1-14(2)11-21(12-15(3)4)13-18(22)20-10-9-16-5-7-17(8-6-16)25(19,23)24/h5-8,14-15H,9-13H2,1-4H3,(H,20,22)(H2,19,23,24). The number of primary sulfonamides is 1. The summed E-state index contributed by atoms with van der Waals surface area (Å²) in [6.45, 7) is 11.3. The Morgan fingerprint density at radius 2 is 1.60 bits per heavy atom. The number of benzene rings is 1. The van der Waals surface area contributed by atoms with Gasteiger partial charge in [-0.3, -0.25) is 9.69 Å². The first-order valence-electron chi connectivity index (χ1n) is 8.68. The van der Waals surface area contributed by atoms with Crippen LogP contribution in [0.5, 0.6) is 0 Å². The van der Waals surface area contributed by atoms with Crippen molar-refractivity contribution in [2.45, 2.75) is 39.0 Å². The van der Waals surface area contributed by atoms with Crippen LogP contribution in [0.1, 0.15) is 33.3 Å². The molecule has 7 heteroatoms. The zero-order valence-corrected chi connectivity index (χ0v) is 16.5. The second-order valence-corrected chi connectivity index (χ2v) is 8.83. The molecule has 142 valence electrons. The molecule has 0 atom stereocenters. The van der Waals surface area contributed by atoms with Crippen LogP contribution in [0.4, 0.5) is 0 Å². The minimum absolute atomic E-state index is 0.0162. The van der Waals surface area contributed by atoms with E-state index in [1.54, 1.807) is 12.1 Å². The molecule has 6 nitrogen and oxygen atoms in total. The van der Waals surface area contributed by atoms with Crippen molar-refractivity contribution < 1.29 is 13.2 Å². The molecule has 1 aromatic rings. The summed E-state index contributed by atoms with van der Waals surface area (Å²) in [4.78, 5) is 14.4. The van der Waals surface area contributed by atoms with Crippen molar-refractivity contribution in [1.82, 2.24) is 10.2 Å². The summed E-state index contributed by atoms with van der Waals surface area (Å²) in [6.07, 6.45) is 0.644. The number of amides is 1. The fraction of sp³-hybridized carbons (Fsp3) is 0.611. The maximum absolute atomic E-state index is 12.1. The van der Waals surface area contributed by atoms with Gasteiger partial charge >= 0.3 is 0 Å². The third-order valence-electron chi connectivity index (χ3n) is 3.60. The summed E-state index contributed by atoms with van der Waals surface area (Å²) in [7, 11) is -3.66. The number of carbonyl (C=O) groups is 1. The van der Waals surface area contributed by atoms with Crippen molar-refractivity contribution >= 4 is 15.9 Å².